The maximum absolute atomic E-state index is 5.46. The van der Waals surface area contributed by atoms with Crippen molar-refractivity contribution in [1.29, 1.82) is 0 Å². The predicted octanol–water partition coefficient (Wildman–Crippen LogP) is 2.85. The summed E-state index contributed by atoms with van der Waals surface area (Å²) < 4.78 is 5.46. The first kappa shape index (κ1) is 21.9. The van der Waals surface area contributed by atoms with E-state index in [1.165, 1.54) is 10.4 Å². The maximum Gasteiger partial charge on any atom is 0.193 e. The number of likely N-dealkylation sites (N-methyl/N-ethyl adjacent to an activating group) is 1. The van der Waals surface area contributed by atoms with Gasteiger partial charge in [0.2, 0.25) is 0 Å². The number of anilines is 1. The molecule has 0 radical (unpaired) electrons. The molecule has 2 aromatic heterocycles. The minimum atomic E-state index is 0. The molecule has 0 spiro atoms. The quantitative estimate of drug-likeness (QED) is 0.375. The van der Waals surface area contributed by atoms with Gasteiger partial charge in [0.25, 0.3) is 0 Å². The lowest BCUT2D eigenvalue weighted by Crippen LogP contribution is -2.40. The second-order valence-corrected chi connectivity index (χ2v) is 7.27. The van der Waals surface area contributed by atoms with Gasteiger partial charge in [-0.25, -0.2) is 4.98 Å². The van der Waals surface area contributed by atoms with Gasteiger partial charge < -0.3 is 19.9 Å². The summed E-state index contributed by atoms with van der Waals surface area (Å²) in [4.78, 5) is 14.9. The van der Waals surface area contributed by atoms with Crippen LogP contribution in [0.25, 0.3) is 0 Å². The first-order valence-electron chi connectivity index (χ1n) is 8.98. The summed E-state index contributed by atoms with van der Waals surface area (Å²) in [5.74, 6) is 1.94. The SMILES string of the molecule is CN=C(NCc1cccnc1N1CCOCC1)N(C)CCc1cccs1.I. The van der Waals surface area contributed by atoms with Gasteiger partial charge in [-0.3, -0.25) is 4.99 Å². The number of hydrogen-bond acceptors (Lipinski definition) is 5. The Morgan fingerprint density at radius 2 is 2.15 bits per heavy atom. The molecule has 0 atom stereocenters. The van der Waals surface area contributed by atoms with Gasteiger partial charge in [0.05, 0.1) is 13.2 Å². The number of hydrogen-bond donors (Lipinski definition) is 1. The Labute approximate surface area is 182 Å². The van der Waals surface area contributed by atoms with E-state index < -0.39 is 0 Å². The van der Waals surface area contributed by atoms with Crippen molar-refractivity contribution >= 4 is 47.1 Å². The molecule has 0 aliphatic carbocycles. The molecule has 1 aliphatic heterocycles. The number of halogens is 1. The molecular formula is C19H28IN5OS. The maximum atomic E-state index is 5.46. The van der Waals surface area contributed by atoms with Crippen molar-refractivity contribution in [1.82, 2.24) is 15.2 Å². The average Bonchev–Trinajstić information content (AvgIpc) is 3.21. The molecule has 3 heterocycles. The van der Waals surface area contributed by atoms with Gasteiger partial charge in [-0.15, -0.1) is 35.3 Å². The lowest BCUT2D eigenvalue weighted by Gasteiger charge is -2.30. The number of aliphatic imine (C=N–C) groups is 1. The first-order valence-corrected chi connectivity index (χ1v) is 9.86. The molecule has 0 amide bonds. The second-order valence-electron chi connectivity index (χ2n) is 6.24. The van der Waals surface area contributed by atoms with E-state index in [9.17, 15) is 0 Å². The second kappa shape index (κ2) is 11.5. The number of guanidine groups is 1. The van der Waals surface area contributed by atoms with Gasteiger partial charge in [-0.05, 0) is 23.9 Å². The number of pyridine rings is 1. The summed E-state index contributed by atoms with van der Waals surface area (Å²) in [6.07, 6.45) is 2.89. The van der Waals surface area contributed by atoms with Crippen molar-refractivity contribution in [3.05, 3.63) is 46.3 Å². The van der Waals surface area contributed by atoms with Crippen LogP contribution in [-0.4, -0.2) is 62.8 Å². The number of aromatic nitrogens is 1. The standard InChI is InChI=1S/C19H27N5OS.HI/c1-20-19(23(2)9-7-17-6-4-14-26-17)22-15-16-5-3-8-21-18(16)24-10-12-25-13-11-24;/h3-6,8,14H,7,9-13,15H2,1-2H3,(H,20,22);1H. The fourth-order valence-electron chi connectivity index (χ4n) is 3.03. The van der Waals surface area contributed by atoms with Crippen molar-refractivity contribution in [3.8, 4) is 0 Å². The van der Waals surface area contributed by atoms with E-state index in [0.717, 1.165) is 51.0 Å². The van der Waals surface area contributed by atoms with Crippen LogP contribution in [0.15, 0.2) is 40.8 Å². The van der Waals surface area contributed by atoms with Crippen molar-refractivity contribution < 1.29 is 4.74 Å². The van der Waals surface area contributed by atoms with Crippen LogP contribution in [0.1, 0.15) is 10.4 Å². The van der Waals surface area contributed by atoms with E-state index in [1.807, 2.05) is 19.3 Å². The summed E-state index contributed by atoms with van der Waals surface area (Å²) >= 11 is 1.80. The van der Waals surface area contributed by atoms with E-state index >= 15 is 0 Å². The van der Waals surface area contributed by atoms with E-state index in [4.69, 9.17) is 4.74 Å². The molecule has 2 aromatic rings. The smallest absolute Gasteiger partial charge is 0.193 e. The van der Waals surface area contributed by atoms with Crippen molar-refractivity contribution in [3.63, 3.8) is 0 Å². The third kappa shape index (κ3) is 6.32. The Kier molecular flexibility index (Phi) is 9.29. The van der Waals surface area contributed by atoms with Crippen LogP contribution in [0, 0.1) is 0 Å². The molecule has 148 valence electrons. The number of nitrogens with one attached hydrogen (secondary N) is 1. The van der Waals surface area contributed by atoms with Crippen molar-refractivity contribution in [2.45, 2.75) is 13.0 Å². The minimum Gasteiger partial charge on any atom is -0.378 e. The normalized spacial score (nSPS) is 14.6. The first-order chi connectivity index (χ1) is 12.8. The Morgan fingerprint density at radius 3 is 2.85 bits per heavy atom. The van der Waals surface area contributed by atoms with Crippen molar-refractivity contribution in [2.75, 3.05) is 51.8 Å². The zero-order chi connectivity index (χ0) is 18.2. The largest absolute Gasteiger partial charge is 0.378 e. The fraction of sp³-hybridized carbons (Fsp3) is 0.474. The number of thiophene rings is 1. The molecule has 1 aliphatic rings. The summed E-state index contributed by atoms with van der Waals surface area (Å²) in [5, 5.41) is 5.60. The van der Waals surface area contributed by atoms with Gasteiger partial charge in [0.15, 0.2) is 5.96 Å². The van der Waals surface area contributed by atoms with Crippen LogP contribution in [0.3, 0.4) is 0 Å². The number of ether oxygens (including phenoxy) is 1. The van der Waals surface area contributed by atoms with E-state index in [0.29, 0.717) is 6.54 Å². The minimum absolute atomic E-state index is 0. The monoisotopic (exact) mass is 501 g/mol. The van der Waals surface area contributed by atoms with E-state index in [2.05, 4.69) is 55.7 Å². The van der Waals surface area contributed by atoms with Crippen LogP contribution in [0.4, 0.5) is 5.82 Å². The molecule has 1 N–H and O–H groups in total. The van der Waals surface area contributed by atoms with Gasteiger partial charge in [0, 0.05) is 56.9 Å². The third-order valence-corrected chi connectivity index (χ3v) is 5.40. The highest BCUT2D eigenvalue weighted by Crippen LogP contribution is 2.18. The lowest BCUT2D eigenvalue weighted by atomic mass is 10.2. The number of morpholine rings is 1. The third-order valence-electron chi connectivity index (χ3n) is 4.46. The van der Waals surface area contributed by atoms with Gasteiger partial charge in [-0.1, -0.05) is 12.1 Å². The topological polar surface area (TPSA) is 53.0 Å². The molecule has 8 heteroatoms. The summed E-state index contributed by atoms with van der Waals surface area (Å²) in [5.41, 5.74) is 1.18. The Morgan fingerprint density at radius 1 is 1.33 bits per heavy atom. The molecule has 3 rings (SSSR count). The summed E-state index contributed by atoms with van der Waals surface area (Å²) in [6, 6.07) is 8.40. The Balaban J connectivity index is 0.00000261. The summed E-state index contributed by atoms with van der Waals surface area (Å²) in [7, 11) is 3.91. The molecule has 0 saturated carbocycles. The summed E-state index contributed by atoms with van der Waals surface area (Å²) in [6.45, 7) is 4.94. The molecule has 1 fully saturated rings. The van der Waals surface area contributed by atoms with E-state index in [1.54, 1.807) is 11.3 Å². The van der Waals surface area contributed by atoms with Crippen LogP contribution in [-0.2, 0) is 17.7 Å². The van der Waals surface area contributed by atoms with Crippen LogP contribution >= 0.6 is 35.3 Å². The zero-order valence-electron chi connectivity index (χ0n) is 15.9. The highest BCUT2D eigenvalue weighted by atomic mass is 127. The fourth-order valence-corrected chi connectivity index (χ4v) is 3.72. The van der Waals surface area contributed by atoms with Gasteiger partial charge >= 0.3 is 0 Å². The molecule has 0 unspecified atom stereocenters. The van der Waals surface area contributed by atoms with Gasteiger partial charge in [0.1, 0.15) is 5.82 Å². The van der Waals surface area contributed by atoms with Crippen LogP contribution in [0.5, 0.6) is 0 Å². The lowest BCUT2D eigenvalue weighted by molar-refractivity contribution is 0.122. The number of rotatable bonds is 6. The Bertz CT molecular complexity index is 704. The highest BCUT2D eigenvalue weighted by Gasteiger charge is 2.16. The predicted molar refractivity (Wildman–Crippen MR) is 124 cm³/mol. The Hall–Kier alpha value is -1.39. The van der Waals surface area contributed by atoms with Crippen LogP contribution in [0.2, 0.25) is 0 Å². The van der Waals surface area contributed by atoms with E-state index in [-0.39, 0.29) is 24.0 Å². The van der Waals surface area contributed by atoms with Crippen molar-refractivity contribution in [2.24, 2.45) is 4.99 Å². The number of nitrogens with zero attached hydrogens (tertiary/aromatic N) is 4. The molecule has 6 nitrogen and oxygen atoms in total. The molecule has 0 bridgehead atoms. The molecule has 1 saturated heterocycles. The zero-order valence-corrected chi connectivity index (χ0v) is 19.1. The van der Waals surface area contributed by atoms with Crippen LogP contribution < -0.4 is 10.2 Å². The highest BCUT2D eigenvalue weighted by molar-refractivity contribution is 14.0. The average molecular weight is 501 g/mol. The molecule has 27 heavy (non-hydrogen) atoms. The molecule has 0 aromatic carbocycles. The molecular weight excluding hydrogens is 473 g/mol. The van der Waals surface area contributed by atoms with Gasteiger partial charge in [-0.2, -0.15) is 0 Å².